The Morgan fingerprint density at radius 3 is 2.05 bits per heavy atom. The van der Waals surface area contributed by atoms with E-state index < -0.39 is 0 Å². The average Bonchev–Trinajstić information content (AvgIpc) is 3.37. The van der Waals surface area contributed by atoms with E-state index in [2.05, 4.69) is 137 Å². The Hall–Kier alpha value is -5.41. The second-order valence-corrected chi connectivity index (χ2v) is 10.1. The number of furan rings is 1. The molecule has 188 valence electrons. The fourth-order valence-electron chi connectivity index (χ4n) is 5.68. The number of anilines is 3. The molecule has 0 radical (unpaired) electrons. The first-order valence-electron chi connectivity index (χ1n) is 13.5. The summed E-state index contributed by atoms with van der Waals surface area (Å²) in [5.41, 5.74) is 8.38. The number of aromatic nitrogens is 1. The molecule has 0 aliphatic heterocycles. The highest BCUT2D eigenvalue weighted by Gasteiger charge is 2.16. The van der Waals surface area contributed by atoms with Crippen LogP contribution < -0.4 is 4.90 Å². The van der Waals surface area contributed by atoms with E-state index in [1.165, 1.54) is 21.9 Å². The van der Waals surface area contributed by atoms with Gasteiger partial charge < -0.3 is 9.32 Å². The van der Waals surface area contributed by atoms with Gasteiger partial charge >= 0.3 is 0 Å². The number of rotatable bonds is 4. The second kappa shape index (κ2) is 9.11. The maximum atomic E-state index is 6.39. The zero-order valence-electron chi connectivity index (χ0n) is 21.7. The molecule has 6 aromatic carbocycles. The van der Waals surface area contributed by atoms with Crippen LogP contribution in [0.15, 0.2) is 150 Å². The van der Waals surface area contributed by atoms with Crippen LogP contribution in [0, 0.1) is 0 Å². The van der Waals surface area contributed by atoms with Crippen molar-refractivity contribution in [3.8, 4) is 11.1 Å². The van der Waals surface area contributed by atoms with Crippen molar-refractivity contribution in [3.63, 3.8) is 0 Å². The Bertz CT molecular complexity index is 2160. The van der Waals surface area contributed by atoms with Gasteiger partial charge in [0.2, 0.25) is 0 Å². The van der Waals surface area contributed by atoms with Gasteiger partial charge in [0.05, 0.1) is 5.52 Å². The molecule has 0 spiro atoms. The molecular weight excluding hydrogens is 488 g/mol. The lowest BCUT2D eigenvalue weighted by molar-refractivity contribution is 0.669. The maximum absolute atomic E-state index is 6.39. The summed E-state index contributed by atoms with van der Waals surface area (Å²) in [4.78, 5) is 6.83. The lowest BCUT2D eigenvalue weighted by Crippen LogP contribution is -2.09. The summed E-state index contributed by atoms with van der Waals surface area (Å²) < 4.78 is 6.39. The van der Waals surface area contributed by atoms with Crippen molar-refractivity contribution in [3.05, 3.63) is 146 Å². The van der Waals surface area contributed by atoms with Crippen molar-refractivity contribution >= 4 is 60.7 Å². The van der Waals surface area contributed by atoms with E-state index in [9.17, 15) is 0 Å². The van der Waals surface area contributed by atoms with Gasteiger partial charge in [-0.2, -0.15) is 0 Å². The topological polar surface area (TPSA) is 29.3 Å². The van der Waals surface area contributed by atoms with E-state index in [4.69, 9.17) is 4.42 Å². The standard InChI is InChI=1S/C37H24N2O/c1-3-8-25(9-4-1)26-13-14-28-21-31(16-15-27(28)20-26)39(30-11-5-2-6-12-30)32-17-18-33-34-24-35-29(10-7-19-38-35)22-36(34)40-37(33)23-32/h1-24H. The molecule has 0 saturated carbocycles. The monoisotopic (exact) mass is 512 g/mol. The van der Waals surface area contributed by atoms with E-state index in [0.29, 0.717) is 0 Å². The van der Waals surface area contributed by atoms with Crippen LogP contribution >= 0.6 is 0 Å². The molecule has 0 fully saturated rings. The molecule has 0 saturated heterocycles. The normalized spacial score (nSPS) is 11.5. The third-order valence-electron chi connectivity index (χ3n) is 7.64. The van der Waals surface area contributed by atoms with Crippen LogP contribution in [0.1, 0.15) is 0 Å². The number of benzene rings is 6. The van der Waals surface area contributed by atoms with Gasteiger partial charge in [0, 0.05) is 45.5 Å². The van der Waals surface area contributed by atoms with Crippen molar-refractivity contribution in [2.75, 3.05) is 4.90 Å². The maximum Gasteiger partial charge on any atom is 0.137 e. The number of hydrogen-bond acceptors (Lipinski definition) is 3. The van der Waals surface area contributed by atoms with Gasteiger partial charge in [-0.15, -0.1) is 0 Å². The summed E-state index contributed by atoms with van der Waals surface area (Å²) in [6, 6.07) is 49.1. The van der Waals surface area contributed by atoms with Crippen molar-refractivity contribution in [2.45, 2.75) is 0 Å². The molecule has 3 heteroatoms. The molecule has 8 aromatic rings. The molecule has 3 nitrogen and oxygen atoms in total. The summed E-state index contributed by atoms with van der Waals surface area (Å²) in [5, 5.41) is 5.66. The molecule has 0 atom stereocenters. The van der Waals surface area contributed by atoms with E-state index in [1.807, 2.05) is 18.3 Å². The van der Waals surface area contributed by atoms with Gasteiger partial charge in [0.15, 0.2) is 0 Å². The molecule has 8 rings (SSSR count). The van der Waals surface area contributed by atoms with Crippen LogP contribution in [0.4, 0.5) is 17.1 Å². The van der Waals surface area contributed by atoms with Crippen LogP contribution in [-0.2, 0) is 0 Å². The van der Waals surface area contributed by atoms with Gasteiger partial charge in [0.25, 0.3) is 0 Å². The minimum Gasteiger partial charge on any atom is -0.456 e. The second-order valence-electron chi connectivity index (χ2n) is 10.1. The van der Waals surface area contributed by atoms with Crippen LogP contribution in [-0.4, -0.2) is 4.98 Å². The summed E-state index contributed by atoms with van der Waals surface area (Å²) in [6.07, 6.45) is 1.83. The smallest absolute Gasteiger partial charge is 0.137 e. The first kappa shape index (κ1) is 22.6. The van der Waals surface area contributed by atoms with E-state index in [0.717, 1.165) is 49.9 Å². The van der Waals surface area contributed by atoms with Crippen molar-refractivity contribution < 1.29 is 4.42 Å². The minimum absolute atomic E-state index is 0.858. The fraction of sp³-hybridized carbons (Fsp3) is 0. The van der Waals surface area contributed by atoms with Crippen LogP contribution in [0.3, 0.4) is 0 Å². The molecule has 0 N–H and O–H groups in total. The number of para-hydroxylation sites is 1. The molecule has 0 bridgehead atoms. The van der Waals surface area contributed by atoms with Crippen molar-refractivity contribution in [1.29, 1.82) is 0 Å². The molecule has 0 amide bonds. The van der Waals surface area contributed by atoms with Gasteiger partial charge in [-0.3, -0.25) is 4.98 Å². The summed E-state index contributed by atoms with van der Waals surface area (Å²) in [5.74, 6) is 0. The molecule has 0 aliphatic carbocycles. The summed E-state index contributed by atoms with van der Waals surface area (Å²) in [6.45, 7) is 0. The third kappa shape index (κ3) is 3.79. The van der Waals surface area contributed by atoms with E-state index in [1.54, 1.807) is 0 Å². The Morgan fingerprint density at radius 1 is 0.450 bits per heavy atom. The lowest BCUT2D eigenvalue weighted by atomic mass is 10.0. The Morgan fingerprint density at radius 2 is 1.18 bits per heavy atom. The van der Waals surface area contributed by atoms with Crippen LogP contribution in [0.25, 0.3) is 54.7 Å². The Balaban J connectivity index is 1.26. The summed E-state index contributed by atoms with van der Waals surface area (Å²) >= 11 is 0. The molecule has 0 aliphatic rings. The van der Waals surface area contributed by atoms with Gasteiger partial charge in [-0.05, 0) is 82.6 Å². The van der Waals surface area contributed by atoms with Crippen molar-refractivity contribution in [1.82, 2.24) is 4.98 Å². The average molecular weight is 513 g/mol. The van der Waals surface area contributed by atoms with Crippen LogP contribution in [0.5, 0.6) is 0 Å². The van der Waals surface area contributed by atoms with Crippen molar-refractivity contribution in [2.24, 2.45) is 0 Å². The SMILES string of the molecule is c1ccc(-c2ccc3cc(N(c4ccccc4)c4ccc5c(c4)oc4cc6cccnc6cc45)ccc3c2)cc1. The lowest BCUT2D eigenvalue weighted by Gasteiger charge is -2.25. The molecule has 40 heavy (non-hydrogen) atoms. The number of nitrogens with zero attached hydrogens (tertiary/aromatic N) is 2. The predicted octanol–water partition coefficient (Wildman–Crippen LogP) is 10.4. The Labute approximate surface area is 231 Å². The van der Waals surface area contributed by atoms with E-state index in [-0.39, 0.29) is 0 Å². The molecule has 0 unspecified atom stereocenters. The zero-order chi connectivity index (χ0) is 26.5. The Kier molecular flexibility index (Phi) is 5.14. The number of fused-ring (bicyclic) bond motifs is 5. The fourth-order valence-corrected chi connectivity index (χ4v) is 5.68. The highest BCUT2D eigenvalue weighted by atomic mass is 16.3. The predicted molar refractivity (Wildman–Crippen MR) is 167 cm³/mol. The largest absolute Gasteiger partial charge is 0.456 e. The minimum atomic E-state index is 0.858. The highest BCUT2D eigenvalue weighted by Crippen LogP contribution is 2.40. The summed E-state index contributed by atoms with van der Waals surface area (Å²) in [7, 11) is 0. The quantitative estimate of drug-likeness (QED) is 0.235. The zero-order valence-corrected chi connectivity index (χ0v) is 21.7. The third-order valence-corrected chi connectivity index (χ3v) is 7.64. The highest BCUT2D eigenvalue weighted by molar-refractivity contribution is 6.10. The molecular formula is C37H24N2O. The van der Waals surface area contributed by atoms with E-state index >= 15 is 0 Å². The van der Waals surface area contributed by atoms with Crippen LogP contribution in [0.2, 0.25) is 0 Å². The first-order valence-corrected chi connectivity index (χ1v) is 13.5. The van der Waals surface area contributed by atoms with Gasteiger partial charge in [-0.25, -0.2) is 0 Å². The van der Waals surface area contributed by atoms with Gasteiger partial charge in [0.1, 0.15) is 11.2 Å². The number of pyridine rings is 1. The molecule has 2 heterocycles. The molecule has 2 aromatic heterocycles. The first-order chi connectivity index (χ1) is 19.8. The number of hydrogen-bond donors (Lipinski definition) is 0. The van der Waals surface area contributed by atoms with Gasteiger partial charge in [-0.1, -0.05) is 72.8 Å².